The molecule has 10 heteroatoms. The molecule has 0 bridgehead atoms. The van der Waals surface area contributed by atoms with Crippen LogP contribution in [-0.4, -0.2) is 70.1 Å². The number of benzene rings is 2. The van der Waals surface area contributed by atoms with Crippen molar-refractivity contribution in [3.63, 3.8) is 0 Å². The summed E-state index contributed by atoms with van der Waals surface area (Å²) in [5, 5.41) is 11.7. The average molecular weight is 573 g/mol. The van der Waals surface area contributed by atoms with Crippen molar-refractivity contribution in [1.82, 2.24) is 14.8 Å². The van der Waals surface area contributed by atoms with Gasteiger partial charge in [0, 0.05) is 44.1 Å². The highest BCUT2D eigenvalue weighted by Gasteiger charge is 2.25. The number of carbonyl (C=O) groups excluding carboxylic acids is 2. The van der Waals surface area contributed by atoms with E-state index in [1.165, 1.54) is 31.0 Å². The Morgan fingerprint density at radius 1 is 0.857 bits per heavy atom. The number of aromatic nitrogens is 1. The van der Waals surface area contributed by atoms with Crippen molar-refractivity contribution in [2.75, 3.05) is 31.5 Å². The lowest BCUT2D eigenvalue weighted by Gasteiger charge is -2.31. The van der Waals surface area contributed by atoms with E-state index >= 15 is 0 Å². The standard InChI is InChI=1S/C32H36N4O6/c37-30(38)20-23-6-11-27(12-7-23)41-28-14-18-36(19-15-28)32(40)42-29-13-10-26(21-33-29)34-31(39)25-8-4-24(5-9-25)22-35-16-2-1-3-17-35/h4-13,21,28H,1-3,14-20,22H2,(H,34,39)(H,37,38). The fourth-order valence-corrected chi connectivity index (χ4v) is 5.22. The van der Waals surface area contributed by atoms with Crippen molar-refractivity contribution in [2.45, 2.75) is 51.2 Å². The van der Waals surface area contributed by atoms with E-state index in [4.69, 9.17) is 14.6 Å². The fourth-order valence-electron chi connectivity index (χ4n) is 5.22. The molecule has 0 atom stereocenters. The van der Waals surface area contributed by atoms with E-state index in [9.17, 15) is 14.4 Å². The summed E-state index contributed by atoms with van der Waals surface area (Å²) in [6.45, 7) is 4.12. The van der Waals surface area contributed by atoms with E-state index in [1.807, 2.05) is 24.3 Å². The zero-order valence-electron chi connectivity index (χ0n) is 23.5. The van der Waals surface area contributed by atoms with E-state index < -0.39 is 12.1 Å². The van der Waals surface area contributed by atoms with Crippen molar-refractivity contribution in [2.24, 2.45) is 0 Å². The lowest BCUT2D eigenvalue weighted by atomic mass is 10.1. The number of nitrogens with zero attached hydrogens (tertiary/aromatic N) is 3. The summed E-state index contributed by atoms with van der Waals surface area (Å²) in [5.41, 5.74) is 2.98. The van der Waals surface area contributed by atoms with Crippen molar-refractivity contribution in [3.8, 4) is 11.6 Å². The highest BCUT2D eigenvalue weighted by Crippen LogP contribution is 2.21. The van der Waals surface area contributed by atoms with Gasteiger partial charge in [0.25, 0.3) is 5.91 Å². The van der Waals surface area contributed by atoms with Crippen molar-refractivity contribution in [1.29, 1.82) is 0 Å². The summed E-state index contributed by atoms with van der Waals surface area (Å²) in [6.07, 6.45) is 5.99. The third-order valence-corrected chi connectivity index (χ3v) is 7.54. The Balaban J connectivity index is 1.04. The Bertz CT molecular complexity index is 1350. The van der Waals surface area contributed by atoms with Crippen LogP contribution in [0.5, 0.6) is 11.6 Å². The molecule has 220 valence electrons. The number of anilines is 1. The molecule has 2 fully saturated rings. The monoisotopic (exact) mass is 572 g/mol. The minimum absolute atomic E-state index is 0.0273. The Morgan fingerprint density at radius 3 is 2.19 bits per heavy atom. The molecule has 2 saturated heterocycles. The summed E-state index contributed by atoms with van der Waals surface area (Å²) >= 11 is 0. The van der Waals surface area contributed by atoms with E-state index in [-0.39, 0.29) is 24.3 Å². The van der Waals surface area contributed by atoms with Crippen LogP contribution in [0.4, 0.5) is 10.5 Å². The number of nitrogens with one attached hydrogen (secondary N) is 1. The predicted octanol–water partition coefficient (Wildman–Crippen LogP) is 4.99. The van der Waals surface area contributed by atoms with Crippen LogP contribution < -0.4 is 14.8 Å². The lowest BCUT2D eigenvalue weighted by Crippen LogP contribution is -2.43. The largest absolute Gasteiger partial charge is 0.490 e. The van der Waals surface area contributed by atoms with E-state index in [1.54, 1.807) is 41.3 Å². The number of carboxylic acids is 1. The third-order valence-electron chi connectivity index (χ3n) is 7.54. The fraction of sp³-hybridized carbons (Fsp3) is 0.375. The number of piperidine rings is 2. The molecule has 2 aromatic carbocycles. The number of aliphatic carboxylic acids is 1. The number of rotatable bonds is 9. The molecular formula is C32H36N4O6. The van der Waals surface area contributed by atoms with Crippen LogP contribution in [0.3, 0.4) is 0 Å². The minimum Gasteiger partial charge on any atom is -0.490 e. The zero-order chi connectivity index (χ0) is 29.3. The average Bonchev–Trinajstić information content (AvgIpc) is 3.00. The van der Waals surface area contributed by atoms with Gasteiger partial charge in [-0.25, -0.2) is 9.78 Å². The van der Waals surface area contributed by atoms with Crippen LogP contribution in [-0.2, 0) is 17.8 Å². The van der Waals surface area contributed by atoms with Crippen molar-refractivity contribution < 1.29 is 29.0 Å². The summed E-state index contributed by atoms with van der Waals surface area (Å²) in [6, 6.07) is 17.9. The first-order valence-corrected chi connectivity index (χ1v) is 14.4. The molecule has 2 aliphatic heterocycles. The quantitative estimate of drug-likeness (QED) is 0.368. The summed E-state index contributed by atoms with van der Waals surface area (Å²) in [4.78, 5) is 44.4. The molecule has 0 aliphatic carbocycles. The van der Waals surface area contributed by atoms with Crippen LogP contribution in [0.15, 0.2) is 66.9 Å². The van der Waals surface area contributed by atoms with Crippen LogP contribution in [0.2, 0.25) is 0 Å². The number of carboxylic acid groups (broad SMARTS) is 1. The first-order chi connectivity index (χ1) is 20.4. The molecule has 3 aromatic rings. The molecule has 42 heavy (non-hydrogen) atoms. The molecular weight excluding hydrogens is 536 g/mol. The molecule has 0 saturated carbocycles. The molecule has 5 rings (SSSR count). The van der Waals surface area contributed by atoms with Gasteiger partial charge in [0.15, 0.2) is 0 Å². The first-order valence-electron chi connectivity index (χ1n) is 14.4. The molecule has 10 nitrogen and oxygen atoms in total. The van der Waals surface area contributed by atoms with Gasteiger partial charge in [-0.1, -0.05) is 30.7 Å². The third kappa shape index (κ3) is 8.29. The van der Waals surface area contributed by atoms with Gasteiger partial charge in [-0.05, 0) is 67.4 Å². The van der Waals surface area contributed by atoms with Crippen molar-refractivity contribution >= 4 is 23.7 Å². The highest BCUT2D eigenvalue weighted by atomic mass is 16.6. The maximum atomic E-state index is 12.7. The number of carbonyl (C=O) groups is 3. The Hall–Kier alpha value is -4.44. The number of likely N-dealkylation sites (tertiary alicyclic amines) is 2. The maximum absolute atomic E-state index is 12.7. The number of ether oxygens (including phenoxy) is 2. The molecule has 0 unspecified atom stereocenters. The Labute approximate surface area is 245 Å². The molecule has 2 aliphatic rings. The van der Waals surface area contributed by atoms with Gasteiger partial charge < -0.3 is 24.8 Å². The van der Waals surface area contributed by atoms with Gasteiger partial charge in [-0.2, -0.15) is 0 Å². The number of hydrogen-bond acceptors (Lipinski definition) is 7. The highest BCUT2D eigenvalue weighted by molar-refractivity contribution is 6.04. The van der Waals surface area contributed by atoms with E-state index in [0.717, 1.165) is 19.6 Å². The zero-order valence-corrected chi connectivity index (χ0v) is 23.5. The van der Waals surface area contributed by atoms with Crippen molar-refractivity contribution in [3.05, 3.63) is 83.6 Å². The molecule has 0 radical (unpaired) electrons. The topological polar surface area (TPSA) is 121 Å². The molecule has 2 amide bonds. The Kier molecular flexibility index (Phi) is 9.66. The van der Waals surface area contributed by atoms with Gasteiger partial charge >= 0.3 is 12.1 Å². The van der Waals surface area contributed by atoms with Gasteiger partial charge in [-0.15, -0.1) is 0 Å². The second-order valence-corrected chi connectivity index (χ2v) is 10.8. The van der Waals surface area contributed by atoms with Gasteiger partial charge in [-0.3, -0.25) is 14.5 Å². The van der Waals surface area contributed by atoms with Crippen LogP contribution in [0, 0.1) is 0 Å². The predicted molar refractivity (Wildman–Crippen MR) is 157 cm³/mol. The lowest BCUT2D eigenvalue weighted by molar-refractivity contribution is -0.136. The number of pyridine rings is 1. The molecule has 0 spiro atoms. The number of hydrogen-bond donors (Lipinski definition) is 2. The SMILES string of the molecule is O=C(O)Cc1ccc(OC2CCN(C(=O)Oc3ccc(NC(=O)c4ccc(CN5CCCCC5)cc4)cn3)CC2)cc1. The molecule has 2 N–H and O–H groups in total. The van der Waals surface area contributed by atoms with Crippen LogP contribution >= 0.6 is 0 Å². The van der Waals surface area contributed by atoms with E-state index in [2.05, 4.69) is 15.2 Å². The van der Waals surface area contributed by atoms with Crippen LogP contribution in [0.1, 0.15) is 53.6 Å². The van der Waals surface area contributed by atoms with Gasteiger partial charge in [0.2, 0.25) is 5.88 Å². The summed E-state index contributed by atoms with van der Waals surface area (Å²) < 4.78 is 11.4. The van der Waals surface area contributed by atoms with Gasteiger partial charge in [0.05, 0.1) is 18.3 Å². The Morgan fingerprint density at radius 2 is 1.55 bits per heavy atom. The summed E-state index contributed by atoms with van der Waals surface area (Å²) in [7, 11) is 0. The molecule has 1 aromatic heterocycles. The number of amides is 2. The normalized spacial score (nSPS) is 16.0. The smallest absolute Gasteiger partial charge is 0.416 e. The second kappa shape index (κ2) is 14.0. The first kappa shape index (κ1) is 29.1. The molecule has 3 heterocycles. The summed E-state index contributed by atoms with van der Waals surface area (Å²) in [5.74, 6) is -0.278. The maximum Gasteiger partial charge on any atom is 0.416 e. The second-order valence-electron chi connectivity index (χ2n) is 10.8. The van der Waals surface area contributed by atoms with Gasteiger partial charge in [0.1, 0.15) is 11.9 Å². The minimum atomic E-state index is -0.874. The van der Waals surface area contributed by atoms with E-state index in [0.29, 0.717) is 48.5 Å². The van der Waals surface area contributed by atoms with Crippen LogP contribution in [0.25, 0.3) is 0 Å².